The molecule has 0 radical (unpaired) electrons. The number of nitrogens with zero attached hydrogens (tertiary/aromatic N) is 4. The minimum absolute atomic E-state index is 0.264. The molecule has 0 bridgehead atoms. The van der Waals surface area contributed by atoms with Crippen LogP contribution in [0.15, 0.2) is 35.6 Å². The molecular formula is C19H16N4. The number of nitriles is 1. The zero-order valence-electron chi connectivity index (χ0n) is 12.8. The number of rotatable bonds is 3. The molecule has 112 valence electrons. The van der Waals surface area contributed by atoms with Gasteiger partial charge in [0.15, 0.2) is 0 Å². The summed E-state index contributed by atoms with van der Waals surface area (Å²) in [5.41, 5.74) is 6.30. The van der Waals surface area contributed by atoms with E-state index < -0.39 is 0 Å². The molecule has 1 aromatic carbocycles. The number of fused-ring (bicyclic) bond motifs is 1. The molecule has 3 aliphatic rings. The van der Waals surface area contributed by atoms with Crippen molar-refractivity contribution in [1.29, 1.82) is 5.26 Å². The molecule has 2 heterocycles. The first-order valence-electron chi connectivity index (χ1n) is 8.21. The van der Waals surface area contributed by atoms with E-state index >= 15 is 0 Å². The lowest BCUT2D eigenvalue weighted by Gasteiger charge is -2.12. The summed E-state index contributed by atoms with van der Waals surface area (Å²) in [6.45, 7) is 0.679. The van der Waals surface area contributed by atoms with Crippen LogP contribution in [0.4, 0.5) is 0 Å². The third-order valence-corrected chi connectivity index (χ3v) is 5.20. The quantitative estimate of drug-likeness (QED) is 0.872. The average Bonchev–Trinajstić information content (AvgIpc) is 3.52. The molecule has 0 atom stereocenters. The Morgan fingerprint density at radius 1 is 1.17 bits per heavy atom. The van der Waals surface area contributed by atoms with E-state index in [0.29, 0.717) is 12.5 Å². The summed E-state index contributed by atoms with van der Waals surface area (Å²) in [4.78, 5) is 13.7. The normalized spacial score (nSPS) is 20.6. The molecule has 2 saturated carbocycles. The largest absolute Gasteiger partial charge is 0.282 e. The molecule has 2 aromatic rings. The van der Waals surface area contributed by atoms with Crippen molar-refractivity contribution in [2.24, 2.45) is 10.9 Å². The van der Waals surface area contributed by atoms with Crippen LogP contribution in [0.1, 0.15) is 42.5 Å². The third-order valence-electron chi connectivity index (χ3n) is 5.20. The summed E-state index contributed by atoms with van der Waals surface area (Å²) < 4.78 is 0. The van der Waals surface area contributed by atoms with Gasteiger partial charge in [-0.3, -0.25) is 4.99 Å². The van der Waals surface area contributed by atoms with Gasteiger partial charge in [0.2, 0.25) is 0 Å². The Morgan fingerprint density at radius 3 is 2.78 bits per heavy atom. The lowest BCUT2D eigenvalue weighted by atomic mass is 9.93. The van der Waals surface area contributed by atoms with Crippen molar-refractivity contribution in [2.75, 3.05) is 0 Å². The Bertz CT molecular complexity index is 882. The van der Waals surface area contributed by atoms with E-state index in [-0.39, 0.29) is 5.41 Å². The van der Waals surface area contributed by atoms with E-state index in [1.54, 1.807) is 6.33 Å². The smallest absolute Gasteiger partial charge is 0.116 e. The van der Waals surface area contributed by atoms with Crippen molar-refractivity contribution in [1.82, 2.24) is 9.97 Å². The fourth-order valence-electron chi connectivity index (χ4n) is 3.51. The van der Waals surface area contributed by atoms with Gasteiger partial charge in [-0.2, -0.15) is 5.26 Å². The molecule has 2 fully saturated rings. The third kappa shape index (κ3) is 1.93. The van der Waals surface area contributed by atoms with Crippen LogP contribution in [0.2, 0.25) is 0 Å². The highest BCUT2D eigenvalue weighted by Crippen LogP contribution is 2.48. The Balaban J connectivity index is 1.64. The highest BCUT2D eigenvalue weighted by atomic mass is 14.9. The van der Waals surface area contributed by atoms with Crippen LogP contribution in [-0.4, -0.2) is 15.7 Å². The van der Waals surface area contributed by atoms with Crippen molar-refractivity contribution in [3.8, 4) is 17.3 Å². The summed E-state index contributed by atoms with van der Waals surface area (Å²) in [6, 6.07) is 10.8. The molecule has 0 amide bonds. The second-order valence-corrected chi connectivity index (χ2v) is 6.79. The van der Waals surface area contributed by atoms with Gasteiger partial charge in [0.1, 0.15) is 6.33 Å². The summed E-state index contributed by atoms with van der Waals surface area (Å²) in [7, 11) is 0. The second kappa shape index (κ2) is 4.48. The van der Waals surface area contributed by atoms with Gasteiger partial charge < -0.3 is 0 Å². The highest BCUT2D eigenvalue weighted by Gasteiger charge is 2.45. The van der Waals surface area contributed by atoms with Gasteiger partial charge in [0, 0.05) is 22.8 Å². The molecule has 4 nitrogen and oxygen atoms in total. The molecular weight excluding hydrogens is 284 g/mol. The van der Waals surface area contributed by atoms with Gasteiger partial charge in [0.05, 0.1) is 29.4 Å². The van der Waals surface area contributed by atoms with Crippen LogP contribution in [-0.2, 0) is 12.0 Å². The molecule has 0 N–H and O–H groups in total. The topological polar surface area (TPSA) is 61.9 Å². The molecule has 0 saturated heterocycles. The number of aromatic nitrogens is 2. The van der Waals surface area contributed by atoms with Crippen LogP contribution in [0.25, 0.3) is 11.3 Å². The van der Waals surface area contributed by atoms with Gasteiger partial charge in [-0.25, -0.2) is 9.97 Å². The van der Waals surface area contributed by atoms with E-state index in [9.17, 15) is 5.26 Å². The van der Waals surface area contributed by atoms with Crippen molar-refractivity contribution in [3.05, 3.63) is 47.4 Å². The molecule has 1 aromatic heterocycles. The number of hydrogen-bond acceptors (Lipinski definition) is 4. The van der Waals surface area contributed by atoms with E-state index in [4.69, 9.17) is 4.99 Å². The maximum absolute atomic E-state index is 9.45. The lowest BCUT2D eigenvalue weighted by Crippen LogP contribution is -2.07. The van der Waals surface area contributed by atoms with Gasteiger partial charge in [0.25, 0.3) is 0 Å². The monoisotopic (exact) mass is 300 g/mol. The minimum Gasteiger partial charge on any atom is -0.282 e. The van der Waals surface area contributed by atoms with Crippen LogP contribution >= 0.6 is 0 Å². The molecule has 2 aliphatic carbocycles. The minimum atomic E-state index is -0.264. The Labute approximate surface area is 134 Å². The van der Waals surface area contributed by atoms with E-state index in [1.165, 1.54) is 18.6 Å². The number of benzene rings is 1. The fraction of sp³-hybridized carbons (Fsp3) is 0.368. The van der Waals surface area contributed by atoms with Crippen molar-refractivity contribution < 1.29 is 0 Å². The van der Waals surface area contributed by atoms with Crippen LogP contribution in [0.5, 0.6) is 0 Å². The maximum atomic E-state index is 9.45. The number of aliphatic imine (C=N–C) groups is 1. The first-order valence-corrected chi connectivity index (χ1v) is 8.21. The Morgan fingerprint density at radius 2 is 2.04 bits per heavy atom. The van der Waals surface area contributed by atoms with Crippen molar-refractivity contribution in [3.63, 3.8) is 0 Å². The molecule has 1 aliphatic heterocycles. The summed E-state index contributed by atoms with van der Waals surface area (Å²) >= 11 is 0. The molecule has 23 heavy (non-hydrogen) atoms. The van der Waals surface area contributed by atoms with E-state index in [0.717, 1.165) is 40.9 Å². The summed E-state index contributed by atoms with van der Waals surface area (Å²) in [5.74, 6) is 0.595. The SMILES string of the molecule is N#CC1(c2cccc(-c3ncnc4c3C(C3CC3)=NC4)c2)CC1. The maximum Gasteiger partial charge on any atom is 0.116 e. The zero-order chi connectivity index (χ0) is 15.4. The van der Waals surface area contributed by atoms with Gasteiger partial charge in [-0.05, 0) is 37.3 Å². The fourth-order valence-corrected chi connectivity index (χ4v) is 3.51. The van der Waals surface area contributed by atoms with Crippen molar-refractivity contribution >= 4 is 5.71 Å². The van der Waals surface area contributed by atoms with Crippen LogP contribution in [0.3, 0.4) is 0 Å². The second-order valence-electron chi connectivity index (χ2n) is 6.79. The van der Waals surface area contributed by atoms with Gasteiger partial charge in [-0.1, -0.05) is 18.2 Å². The summed E-state index contributed by atoms with van der Waals surface area (Å²) in [5, 5.41) is 9.45. The predicted molar refractivity (Wildman–Crippen MR) is 87.0 cm³/mol. The highest BCUT2D eigenvalue weighted by molar-refractivity contribution is 6.10. The standard InChI is InChI=1S/C19H16N4/c20-10-19(6-7-19)14-3-1-2-13(8-14)18-16-15(22-11-23-18)9-21-17(16)12-4-5-12/h1-3,8,11-12H,4-7,9H2. The lowest BCUT2D eigenvalue weighted by molar-refractivity contribution is 0.908. The molecule has 4 heteroatoms. The zero-order valence-corrected chi connectivity index (χ0v) is 12.8. The summed E-state index contributed by atoms with van der Waals surface area (Å²) in [6.07, 6.45) is 6.02. The average molecular weight is 300 g/mol. The molecule has 0 unspecified atom stereocenters. The first kappa shape index (κ1) is 13.0. The van der Waals surface area contributed by atoms with E-state index in [1.807, 2.05) is 6.07 Å². The van der Waals surface area contributed by atoms with Crippen LogP contribution in [0, 0.1) is 17.2 Å². The van der Waals surface area contributed by atoms with Crippen LogP contribution < -0.4 is 0 Å². The molecule has 0 spiro atoms. The Kier molecular flexibility index (Phi) is 2.52. The predicted octanol–water partition coefficient (Wildman–Crippen LogP) is 3.41. The molecule has 5 rings (SSSR count). The van der Waals surface area contributed by atoms with Crippen molar-refractivity contribution in [2.45, 2.75) is 37.6 Å². The first-order chi connectivity index (χ1) is 11.3. The van der Waals surface area contributed by atoms with Gasteiger partial charge in [-0.15, -0.1) is 0 Å². The van der Waals surface area contributed by atoms with Gasteiger partial charge >= 0.3 is 0 Å². The number of hydrogen-bond donors (Lipinski definition) is 0. The Hall–Kier alpha value is -2.54. The van der Waals surface area contributed by atoms with E-state index in [2.05, 4.69) is 34.2 Å².